The average molecular weight is 273 g/mol. The maximum atomic E-state index is 5.96. The van der Waals surface area contributed by atoms with Crippen LogP contribution in [0.5, 0.6) is 11.5 Å². The first-order chi connectivity index (χ1) is 9.69. The third-order valence-electron chi connectivity index (χ3n) is 3.18. The highest BCUT2D eigenvalue weighted by Crippen LogP contribution is 2.31. The van der Waals surface area contributed by atoms with Gasteiger partial charge >= 0.3 is 0 Å². The number of aromatic nitrogens is 1. The minimum Gasteiger partial charge on any atom is -0.497 e. The molecule has 0 fully saturated rings. The summed E-state index contributed by atoms with van der Waals surface area (Å²) in [5.74, 6) is 1.98. The molecule has 0 amide bonds. The second kappa shape index (κ2) is 6.25. The van der Waals surface area contributed by atoms with Gasteiger partial charge in [-0.2, -0.15) is 0 Å². The Labute approximate surface area is 118 Å². The fraction of sp³-hybridized carbons (Fsp3) is 0.267. The van der Waals surface area contributed by atoms with Gasteiger partial charge in [0.1, 0.15) is 17.3 Å². The van der Waals surface area contributed by atoms with Crippen LogP contribution in [-0.4, -0.2) is 26.3 Å². The Morgan fingerprint density at radius 1 is 1.15 bits per heavy atom. The van der Waals surface area contributed by atoms with E-state index in [1.54, 1.807) is 20.4 Å². The summed E-state index contributed by atoms with van der Waals surface area (Å²) in [7, 11) is 5.14. The van der Waals surface area contributed by atoms with Gasteiger partial charge in [0.15, 0.2) is 0 Å². The van der Waals surface area contributed by atoms with Gasteiger partial charge in [-0.15, -0.1) is 0 Å². The lowest BCUT2D eigenvalue weighted by molar-refractivity contribution is 0.392. The van der Waals surface area contributed by atoms with Crippen LogP contribution in [0.2, 0.25) is 0 Å². The molecule has 0 spiro atoms. The van der Waals surface area contributed by atoms with Crippen molar-refractivity contribution in [3.63, 3.8) is 0 Å². The van der Waals surface area contributed by atoms with Crippen molar-refractivity contribution in [1.82, 2.24) is 10.3 Å². The molecule has 3 N–H and O–H groups in total. The van der Waals surface area contributed by atoms with Gasteiger partial charge < -0.3 is 20.5 Å². The van der Waals surface area contributed by atoms with Crippen molar-refractivity contribution in [2.45, 2.75) is 6.04 Å². The molecule has 5 nitrogen and oxygen atoms in total. The number of pyridine rings is 1. The van der Waals surface area contributed by atoms with Gasteiger partial charge in [0, 0.05) is 17.8 Å². The van der Waals surface area contributed by atoms with E-state index >= 15 is 0 Å². The molecule has 0 aliphatic carbocycles. The molecule has 0 aliphatic heterocycles. The van der Waals surface area contributed by atoms with Crippen molar-refractivity contribution < 1.29 is 9.47 Å². The molecule has 2 rings (SSSR count). The number of nitrogens with one attached hydrogen (secondary N) is 1. The summed E-state index contributed by atoms with van der Waals surface area (Å²) in [6.07, 6.45) is 1.68. The number of nitrogen functional groups attached to an aromatic ring is 1. The van der Waals surface area contributed by atoms with Gasteiger partial charge in [-0.3, -0.25) is 0 Å². The zero-order chi connectivity index (χ0) is 14.5. The topological polar surface area (TPSA) is 69.4 Å². The molecule has 20 heavy (non-hydrogen) atoms. The van der Waals surface area contributed by atoms with Crippen molar-refractivity contribution >= 4 is 5.82 Å². The van der Waals surface area contributed by atoms with Gasteiger partial charge in [-0.05, 0) is 30.8 Å². The SMILES string of the molecule is CNC(c1cc(OC)cc(OC)c1)c1cccnc1N. The molecule has 0 saturated carbocycles. The van der Waals surface area contributed by atoms with Crippen LogP contribution >= 0.6 is 0 Å². The first-order valence-corrected chi connectivity index (χ1v) is 6.30. The number of anilines is 1. The number of nitrogens with zero attached hydrogens (tertiary/aromatic N) is 1. The summed E-state index contributed by atoms with van der Waals surface area (Å²) in [5.41, 5.74) is 7.89. The molecule has 0 aliphatic rings. The molecule has 106 valence electrons. The van der Waals surface area contributed by atoms with Crippen LogP contribution in [0.15, 0.2) is 36.5 Å². The largest absolute Gasteiger partial charge is 0.497 e. The summed E-state index contributed by atoms with van der Waals surface area (Å²) in [5, 5.41) is 3.25. The molecule has 0 saturated heterocycles. The smallest absolute Gasteiger partial charge is 0.128 e. The highest BCUT2D eigenvalue weighted by Gasteiger charge is 2.17. The zero-order valence-electron chi connectivity index (χ0n) is 11.9. The van der Waals surface area contributed by atoms with Crippen LogP contribution in [0.25, 0.3) is 0 Å². The molecule has 1 unspecified atom stereocenters. The number of ether oxygens (including phenoxy) is 2. The van der Waals surface area contributed by atoms with E-state index in [-0.39, 0.29) is 6.04 Å². The first kappa shape index (κ1) is 14.1. The lowest BCUT2D eigenvalue weighted by Gasteiger charge is -2.19. The Morgan fingerprint density at radius 3 is 2.30 bits per heavy atom. The summed E-state index contributed by atoms with van der Waals surface area (Å²) in [6.45, 7) is 0. The predicted molar refractivity (Wildman–Crippen MR) is 79.1 cm³/mol. The Morgan fingerprint density at radius 2 is 1.80 bits per heavy atom. The molecule has 0 bridgehead atoms. The number of nitrogens with two attached hydrogens (primary N) is 1. The van der Waals surface area contributed by atoms with E-state index in [4.69, 9.17) is 15.2 Å². The van der Waals surface area contributed by atoms with Crippen LogP contribution in [0.3, 0.4) is 0 Å². The maximum absolute atomic E-state index is 5.96. The molecule has 5 heteroatoms. The Balaban J connectivity index is 2.49. The number of methoxy groups -OCH3 is 2. The van der Waals surface area contributed by atoms with E-state index in [0.717, 1.165) is 22.6 Å². The molecule has 2 aromatic rings. The normalized spacial score (nSPS) is 11.9. The second-order valence-electron chi connectivity index (χ2n) is 4.35. The minimum atomic E-state index is -0.0762. The van der Waals surface area contributed by atoms with Gasteiger partial charge in [-0.25, -0.2) is 4.98 Å². The number of rotatable bonds is 5. The van der Waals surface area contributed by atoms with Crippen molar-refractivity contribution in [3.05, 3.63) is 47.7 Å². The van der Waals surface area contributed by atoms with E-state index in [0.29, 0.717) is 5.82 Å². The standard InChI is InChI=1S/C15H19N3O2/c1-17-14(13-5-4-6-18-15(13)16)10-7-11(19-2)9-12(8-10)20-3/h4-9,14,17H,1-3H3,(H2,16,18). The van der Waals surface area contributed by atoms with Crippen LogP contribution in [-0.2, 0) is 0 Å². The predicted octanol–water partition coefficient (Wildman–Crippen LogP) is 1.99. The first-order valence-electron chi connectivity index (χ1n) is 6.30. The molecule has 1 heterocycles. The highest BCUT2D eigenvalue weighted by molar-refractivity contribution is 5.48. The summed E-state index contributed by atoms with van der Waals surface area (Å²) >= 11 is 0. The van der Waals surface area contributed by atoms with Crippen LogP contribution in [0.4, 0.5) is 5.82 Å². The van der Waals surface area contributed by atoms with Crippen molar-refractivity contribution in [2.75, 3.05) is 27.0 Å². The monoisotopic (exact) mass is 273 g/mol. The third kappa shape index (κ3) is 2.83. The summed E-state index contributed by atoms with van der Waals surface area (Å²) < 4.78 is 10.6. The van der Waals surface area contributed by atoms with Crippen LogP contribution in [0.1, 0.15) is 17.2 Å². The highest BCUT2D eigenvalue weighted by atomic mass is 16.5. The number of hydrogen-bond donors (Lipinski definition) is 2. The molecular weight excluding hydrogens is 254 g/mol. The van der Waals surface area contributed by atoms with Gasteiger partial charge in [-0.1, -0.05) is 6.07 Å². The lowest BCUT2D eigenvalue weighted by atomic mass is 9.99. The average Bonchev–Trinajstić information content (AvgIpc) is 2.49. The molecule has 1 aromatic heterocycles. The van der Waals surface area contributed by atoms with E-state index < -0.39 is 0 Å². The Hall–Kier alpha value is -2.27. The Bertz CT molecular complexity index is 565. The minimum absolute atomic E-state index is 0.0762. The van der Waals surface area contributed by atoms with Gasteiger partial charge in [0.25, 0.3) is 0 Å². The van der Waals surface area contributed by atoms with E-state index in [1.165, 1.54) is 0 Å². The molecular formula is C15H19N3O2. The van der Waals surface area contributed by atoms with Crippen LogP contribution in [0, 0.1) is 0 Å². The summed E-state index contributed by atoms with van der Waals surface area (Å²) in [4.78, 5) is 4.13. The van der Waals surface area contributed by atoms with Crippen molar-refractivity contribution in [1.29, 1.82) is 0 Å². The quantitative estimate of drug-likeness (QED) is 0.872. The Kier molecular flexibility index (Phi) is 4.42. The fourth-order valence-electron chi connectivity index (χ4n) is 2.17. The van der Waals surface area contributed by atoms with Crippen molar-refractivity contribution in [2.24, 2.45) is 0 Å². The van der Waals surface area contributed by atoms with Gasteiger partial charge in [0.05, 0.1) is 20.3 Å². The maximum Gasteiger partial charge on any atom is 0.128 e. The fourth-order valence-corrected chi connectivity index (χ4v) is 2.17. The van der Waals surface area contributed by atoms with E-state index in [2.05, 4.69) is 10.3 Å². The molecule has 0 radical (unpaired) electrons. The molecule has 1 aromatic carbocycles. The lowest BCUT2D eigenvalue weighted by Crippen LogP contribution is -2.19. The zero-order valence-corrected chi connectivity index (χ0v) is 11.9. The van der Waals surface area contributed by atoms with Crippen molar-refractivity contribution in [3.8, 4) is 11.5 Å². The molecule has 1 atom stereocenters. The van der Waals surface area contributed by atoms with Gasteiger partial charge in [0.2, 0.25) is 0 Å². The van der Waals surface area contributed by atoms with Crippen LogP contribution < -0.4 is 20.5 Å². The third-order valence-corrected chi connectivity index (χ3v) is 3.18. The van der Waals surface area contributed by atoms with E-state index in [1.807, 2.05) is 37.4 Å². The van der Waals surface area contributed by atoms with E-state index in [9.17, 15) is 0 Å². The number of benzene rings is 1. The summed E-state index contributed by atoms with van der Waals surface area (Å²) in [6, 6.07) is 9.49. The number of hydrogen-bond acceptors (Lipinski definition) is 5. The second-order valence-corrected chi connectivity index (χ2v) is 4.35.